The van der Waals surface area contributed by atoms with Crippen LogP contribution in [0.25, 0.3) is 0 Å². The van der Waals surface area contributed by atoms with Crippen LogP contribution >= 0.6 is 11.3 Å². The molecule has 0 aromatic carbocycles. The van der Waals surface area contributed by atoms with Crippen molar-refractivity contribution in [3.63, 3.8) is 0 Å². The van der Waals surface area contributed by atoms with Gasteiger partial charge in [0, 0.05) is 37.3 Å². The third kappa shape index (κ3) is 4.36. The van der Waals surface area contributed by atoms with Crippen LogP contribution in [0.2, 0.25) is 0 Å². The standard InChI is InChI=1S/C18H22N4O2S/c1-13-10-14(2)19-16(11-13)20-18(24)22-6-3-5-21(7-8-22)17(23)15-4-9-25-12-15/h4,9-12H,3,5-8H2,1-2H3,(H,19,20,24). The first-order chi connectivity index (χ1) is 12.0. The first kappa shape index (κ1) is 17.4. The zero-order chi connectivity index (χ0) is 17.8. The number of urea groups is 1. The molecule has 1 aliphatic rings. The van der Waals surface area contributed by atoms with Crippen molar-refractivity contribution in [2.75, 3.05) is 31.5 Å². The molecule has 0 unspecified atom stereocenters. The highest BCUT2D eigenvalue weighted by atomic mass is 32.1. The minimum Gasteiger partial charge on any atom is -0.337 e. The van der Waals surface area contributed by atoms with Gasteiger partial charge in [-0.1, -0.05) is 0 Å². The molecule has 0 radical (unpaired) electrons. The number of thiophene rings is 1. The van der Waals surface area contributed by atoms with E-state index in [1.54, 1.807) is 4.90 Å². The molecule has 1 N–H and O–H groups in total. The van der Waals surface area contributed by atoms with E-state index in [1.807, 2.05) is 47.7 Å². The Morgan fingerprint density at radius 3 is 2.60 bits per heavy atom. The van der Waals surface area contributed by atoms with E-state index in [-0.39, 0.29) is 11.9 Å². The molecule has 3 rings (SSSR count). The summed E-state index contributed by atoms with van der Waals surface area (Å²) < 4.78 is 0. The summed E-state index contributed by atoms with van der Waals surface area (Å²) in [6.45, 7) is 6.24. The lowest BCUT2D eigenvalue weighted by Gasteiger charge is -2.22. The van der Waals surface area contributed by atoms with Crippen LogP contribution in [0.1, 0.15) is 28.0 Å². The summed E-state index contributed by atoms with van der Waals surface area (Å²) in [5.74, 6) is 0.609. The first-order valence-electron chi connectivity index (χ1n) is 8.35. The van der Waals surface area contributed by atoms with Crippen molar-refractivity contribution in [1.29, 1.82) is 0 Å². The van der Waals surface area contributed by atoms with Crippen molar-refractivity contribution in [2.24, 2.45) is 0 Å². The summed E-state index contributed by atoms with van der Waals surface area (Å²) >= 11 is 1.52. The average Bonchev–Trinajstić information content (AvgIpc) is 2.97. The van der Waals surface area contributed by atoms with Gasteiger partial charge in [-0.15, -0.1) is 0 Å². The van der Waals surface area contributed by atoms with E-state index in [1.165, 1.54) is 11.3 Å². The second kappa shape index (κ2) is 7.65. The highest BCUT2D eigenvalue weighted by molar-refractivity contribution is 7.08. The van der Waals surface area contributed by atoms with E-state index in [0.29, 0.717) is 32.0 Å². The van der Waals surface area contributed by atoms with E-state index in [0.717, 1.165) is 23.2 Å². The maximum atomic E-state index is 12.5. The molecule has 3 heterocycles. The zero-order valence-electron chi connectivity index (χ0n) is 14.5. The number of anilines is 1. The van der Waals surface area contributed by atoms with Crippen molar-refractivity contribution in [1.82, 2.24) is 14.8 Å². The van der Waals surface area contributed by atoms with Crippen molar-refractivity contribution in [2.45, 2.75) is 20.3 Å². The van der Waals surface area contributed by atoms with Crippen LogP contribution in [-0.2, 0) is 0 Å². The molecular formula is C18H22N4O2S. The van der Waals surface area contributed by atoms with Gasteiger partial charge in [-0.3, -0.25) is 10.1 Å². The molecule has 0 spiro atoms. The van der Waals surface area contributed by atoms with Gasteiger partial charge in [0.2, 0.25) is 0 Å². The fourth-order valence-electron chi connectivity index (χ4n) is 2.99. The molecule has 1 aliphatic heterocycles. The van der Waals surface area contributed by atoms with Gasteiger partial charge < -0.3 is 9.80 Å². The topological polar surface area (TPSA) is 65.5 Å². The number of hydrogen-bond donors (Lipinski definition) is 1. The van der Waals surface area contributed by atoms with Gasteiger partial charge >= 0.3 is 6.03 Å². The Morgan fingerprint density at radius 1 is 1.12 bits per heavy atom. The zero-order valence-corrected chi connectivity index (χ0v) is 15.3. The monoisotopic (exact) mass is 358 g/mol. The Balaban J connectivity index is 1.60. The summed E-state index contributed by atoms with van der Waals surface area (Å²) in [6.07, 6.45) is 0.767. The maximum Gasteiger partial charge on any atom is 0.323 e. The van der Waals surface area contributed by atoms with Gasteiger partial charge in [-0.2, -0.15) is 11.3 Å². The third-order valence-corrected chi connectivity index (χ3v) is 4.85. The van der Waals surface area contributed by atoms with Crippen LogP contribution in [0.15, 0.2) is 29.0 Å². The summed E-state index contributed by atoms with van der Waals surface area (Å²) in [6, 6.07) is 5.50. The largest absolute Gasteiger partial charge is 0.337 e. The molecule has 2 aromatic heterocycles. The first-order valence-corrected chi connectivity index (χ1v) is 9.30. The van der Waals surface area contributed by atoms with Gasteiger partial charge in [0.05, 0.1) is 5.56 Å². The van der Waals surface area contributed by atoms with Crippen LogP contribution in [0, 0.1) is 13.8 Å². The minimum atomic E-state index is -0.165. The summed E-state index contributed by atoms with van der Waals surface area (Å²) in [5.41, 5.74) is 2.66. The highest BCUT2D eigenvalue weighted by Gasteiger charge is 2.23. The molecule has 132 valence electrons. The number of hydrogen-bond acceptors (Lipinski definition) is 4. The third-order valence-electron chi connectivity index (χ3n) is 4.17. The molecular weight excluding hydrogens is 336 g/mol. The number of carbonyl (C=O) groups is 2. The van der Waals surface area contributed by atoms with Crippen molar-refractivity contribution >= 4 is 29.1 Å². The van der Waals surface area contributed by atoms with E-state index in [9.17, 15) is 9.59 Å². The second-order valence-corrected chi connectivity index (χ2v) is 7.03. The van der Waals surface area contributed by atoms with Crippen molar-refractivity contribution in [3.05, 3.63) is 45.8 Å². The Labute approximate surface area is 151 Å². The normalized spacial score (nSPS) is 15.0. The molecule has 1 fully saturated rings. The van der Waals surface area contributed by atoms with Gasteiger partial charge in [0.15, 0.2) is 0 Å². The SMILES string of the molecule is Cc1cc(C)nc(NC(=O)N2CCCN(C(=O)c3ccsc3)CC2)c1. The number of rotatable bonds is 2. The molecule has 0 atom stereocenters. The number of nitrogens with one attached hydrogen (secondary N) is 1. The Kier molecular flexibility index (Phi) is 5.33. The van der Waals surface area contributed by atoms with Crippen molar-refractivity contribution in [3.8, 4) is 0 Å². The number of aryl methyl sites for hydroxylation is 2. The van der Waals surface area contributed by atoms with E-state index >= 15 is 0 Å². The number of nitrogens with zero attached hydrogens (tertiary/aromatic N) is 3. The van der Waals surface area contributed by atoms with E-state index in [2.05, 4.69) is 10.3 Å². The fraction of sp³-hybridized carbons (Fsp3) is 0.389. The fourth-order valence-corrected chi connectivity index (χ4v) is 3.62. The molecule has 0 aliphatic carbocycles. The Morgan fingerprint density at radius 2 is 1.88 bits per heavy atom. The lowest BCUT2D eigenvalue weighted by Crippen LogP contribution is -2.39. The Hall–Kier alpha value is -2.41. The maximum absolute atomic E-state index is 12.5. The molecule has 25 heavy (non-hydrogen) atoms. The van der Waals surface area contributed by atoms with Crippen LogP contribution in [-0.4, -0.2) is 52.9 Å². The van der Waals surface area contributed by atoms with E-state index in [4.69, 9.17) is 0 Å². The quantitative estimate of drug-likeness (QED) is 0.897. The molecule has 3 amide bonds. The number of amides is 3. The van der Waals surface area contributed by atoms with Crippen LogP contribution in [0.5, 0.6) is 0 Å². The van der Waals surface area contributed by atoms with Gasteiger partial charge in [-0.25, -0.2) is 9.78 Å². The van der Waals surface area contributed by atoms with E-state index < -0.39 is 0 Å². The number of carbonyl (C=O) groups excluding carboxylic acids is 2. The minimum absolute atomic E-state index is 0.0412. The van der Waals surface area contributed by atoms with Crippen molar-refractivity contribution < 1.29 is 9.59 Å². The molecule has 7 heteroatoms. The van der Waals surface area contributed by atoms with Crippen LogP contribution in [0.4, 0.5) is 10.6 Å². The Bertz CT molecular complexity index is 740. The van der Waals surface area contributed by atoms with Crippen LogP contribution < -0.4 is 5.32 Å². The molecule has 2 aromatic rings. The summed E-state index contributed by atoms with van der Waals surface area (Å²) in [4.78, 5) is 32.9. The number of pyridine rings is 1. The summed E-state index contributed by atoms with van der Waals surface area (Å²) in [7, 11) is 0. The summed E-state index contributed by atoms with van der Waals surface area (Å²) in [5, 5.41) is 6.64. The molecule has 6 nitrogen and oxygen atoms in total. The predicted molar refractivity (Wildman–Crippen MR) is 99.1 cm³/mol. The van der Waals surface area contributed by atoms with Gasteiger partial charge in [-0.05, 0) is 49.4 Å². The molecule has 1 saturated heterocycles. The van der Waals surface area contributed by atoms with Gasteiger partial charge in [0.25, 0.3) is 5.91 Å². The van der Waals surface area contributed by atoms with Gasteiger partial charge in [0.1, 0.15) is 5.82 Å². The smallest absolute Gasteiger partial charge is 0.323 e. The second-order valence-electron chi connectivity index (χ2n) is 6.25. The molecule has 0 bridgehead atoms. The number of aromatic nitrogens is 1. The predicted octanol–water partition coefficient (Wildman–Crippen LogP) is 3.14. The average molecular weight is 358 g/mol. The lowest BCUT2D eigenvalue weighted by molar-refractivity contribution is 0.0763. The highest BCUT2D eigenvalue weighted by Crippen LogP contribution is 2.14. The van der Waals surface area contributed by atoms with Crippen LogP contribution in [0.3, 0.4) is 0 Å². The molecule has 0 saturated carbocycles. The lowest BCUT2D eigenvalue weighted by atomic mass is 10.2.